The maximum absolute atomic E-state index is 9.54. The number of benzene rings is 1. The van der Waals surface area contributed by atoms with E-state index in [2.05, 4.69) is 24.9 Å². The highest BCUT2D eigenvalue weighted by atomic mass is 16.3. The lowest BCUT2D eigenvalue weighted by atomic mass is 10.0. The van der Waals surface area contributed by atoms with Crippen LogP contribution in [0, 0.1) is 0 Å². The van der Waals surface area contributed by atoms with Gasteiger partial charge in [-0.1, -0.05) is 26.0 Å². The average molecular weight is 187 g/mol. The molecule has 0 aliphatic rings. The van der Waals surface area contributed by atoms with Crippen molar-refractivity contribution in [1.82, 2.24) is 4.98 Å². The van der Waals surface area contributed by atoms with E-state index in [9.17, 15) is 5.11 Å². The van der Waals surface area contributed by atoms with Crippen molar-refractivity contribution < 1.29 is 5.11 Å². The first-order valence-electron chi connectivity index (χ1n) is 4.76. The maximum Gasteiger partial charge on any atom is 0.141 e. The van der Waals surface area contributed by atoms with E-state index in [1.54, 1.807) is 6.07 Å². The molecule has 0 atom stereocenters. The van der Waals surface area contributed by atoms with Crippen LogP contribution in [0.1, 0.15) is 25.3 Å². The first-order chi connectivity index (χ1) is 6.68. The zero-order valence-corrected chi connectivity index (χ0v) is 8.36. The molecule has 0 aliphatic carbocycles. The lowest BCUT2D eigenvalue weighted by Crippen LogP contribution is -1.89. The highest BCUT2D eigenvalue weighted by Crippen LogP contribution is 2.24. The fourth-order valence-electron chi connectivity index (χ4n) is 1.48. The quantitative estimate of drug-likeness (QED) is 0.744. The van der Waals surface area contributed by atoms with Crippen LogP contribution in [0.15, 0.2) is 30.5 Å². The van der Waals surface area contributed by atoms with E-state index in [-0.39, 0.29) is 5.75 Å². The second-order valence-corrected chi connectivity index (χ2v) is 3.77. The smallest absolute Gasteiger partial charge is 0.141 e. The van der Waals surface area contributed by atoms with Gasteiger partial charge in [0.2, 0.25) is 0 Å². The molecule has 0 amide bonds. The summed E-state index contributed by atoms with van der Waals surface area (Å²) < 4.78 is 0. The molecule has 0 fully saturated rings. The summed E-state index contributed by atoms with van der Waals surface area (Å²) in [6.07, 6.45) is 1.83. The number of rotatable bonds is 1. The minimum atomic E-state index is 0.248. The predicted molar refractivity (Wildman–Crippen MR) is 57.5 cm³/mol. The number of aromatic hydroxyl groups is 1. The summed E-state index contributed by atoms with van der Waals surface area (Å²) in [6, 6.07) is 7.54. The molecule has 0 bridgehead atoms. The molecule has 1 aromatic heterocycles. The number of hydrogen-bond donors (Lipinski definition) is 1. The third-order valence-corrected chi connectivity index (χ3v) is 2.38. The van der Waals surface area contributed by atoms with Crippen molar-refractivity contribution in [3.05, 3.63) is 36.0 Å². The summed E-state index contributed by atoms with van der Waals surface area (Å²) in [5, 5.41) is 10.5. The number of aromatic nitrogens is 1. The van der Waals surface area contributed by atoms with E-state index in [0.29, 0.717) is 11.4 Å². The summed E-state index contributed by atoms with van der Waals surface area (Å²) in [7, 11) is 0. The molecular formula is C12H13NO. The molecule has 2 heteroatoms. The van der Waals surface area contributed by atoms with E-state index in [1.165, 1.54) is 5.56 Å². The van der Waals surface area contributed by atoms with Crippen molar-refractivity contribution in [2.45, 2.75) is 19.8 Å². The minimum Gasteiger partial charge on any atom is -0.506 e. The van der Waals surface area contributed by atoms with Crippen molar-refractivity contribution in [3.63, 3.8) is 0 Å². The molecule has 0 saturated carbocycles. The Morgan fingerprint density at radius 2 is 2.07 bits per heavy atom. The Balaban J connectivity index is 2.67. The topological polar surface area (TPSA) is 33.1 Å². The molecule has 0 radical (unpaired) electrons. The lowest BCUT2D eigenvalue weighted by Gasteiger charge is -2.06. The van der Waals surface area contributed by atoms with E-state index < -0.39 is 0 Å². The number of phenolic OH excluding ortho intramolecular Hbond substituents is 1. The fraction of sp³-hybridized carbons (Fsp3) is 0.250. The van der Waals surface area contributed by atoms with Crippen molar-refractivity contribution >= 4 is 10.9 Å². The van der Waals surface area contributed by atoms with Crippen molar-refractivity contribution in [2.75, 3.05) is 0 Å². The maximum atomic E-state index is 9.54. The molecule has 1 aromatic carbocycles. The van der Waals surface area contributed by atoms with Gasteiger partial charge in [-0.3, -0.25) is 4.98 Å². The van der Waals surface area contributed by atoms with Gasteiger partial charge in [-0.2, -0.15) is 0 Å². The van der Waals surface area contributed by atoms with Crippen LogP contribution in [-0.2, 0) is 0 Å². The Morgan fingerprint density at radius 1 is 1.29 bits per heavy atom. The van der Waals surface area contributed by atoms with Crippen LogP contribution in [0.5, 0.6) is 5.75 Å². The Bertz CT molecular complexity index is 463. The monoisotopic (exact) mass is 187 g/mol. The summed E-state index contributed by atoms with van der Waals surface area (Å²) in [5.74, 6) is 0.715. The molecular weight excluding hydrogens is 174 g/mol. The second kappa shape index (κ2) is 3.29. The molecule has 0 spiro atoms. The number of nitrogens with zero attached hydrogens (tertiary/aromatic N) is 1. The van der Waals surface area contributed by atoms with Crippen molar-refractivity contribution in [3.8, 4) is 5.75 Å². The highest BCUT2D eigenvalue weighted by Gasteiger charge is 2.03. The number of fused-ring (bicyclic) bond motifs is 1. The first-order valence-corrected chi connectivity index (χ1v) is 4.76. The number of hydrogen-bond acceptors (Lipinski definition) is 2. The number of phenols is 1. The van der Waals surface area contributed by atoms with Gasteiger partial charge in [-0.25, -0.2) is 0 Å². The van der Waals surface area contributed by atoms with Crippen molar-refractivity contribution in [1.29, 1.82) is 0 Å². The van der Waals surface area contributed by atoms with Crippen LogP contribution in [0.3, 0.4) is 0 Å². The molecule has 14 heavy (non-hydrogen) atoms. The van der Waals surface area contributed by atoms with Crippen molar-refractivity contribution in [2.24, 2.45) is 0 Å². The Kier molecular flexibility index (Phi) is 2.12. The van der Waals surface area contributed by atoms with Gasteiger partial charge in [0.25, 0.3) is 0 Å². The van der Waals surface area contributed by atoms with Crippen LogP contribution >= 0.6 is 0 Å². The van der Waals surface area contributed by atoms with Gasteiger partial charge in [-0.05, 0) is 23.6 Å². The molecule has 0 aliphatic heterocycles. The molecule has 72 valence electrons. The Labute approximate surface area is 83.2 Å². The predicted octanol–water partition coefficient (Wildman–Crippen LogP) is 3.06. The normalized spacial score (nSPS) is 11.1. The van der Waals surface area contributed by atoms with Crippen LogP contribution in [0.4, 0.5) is 0 Å². The second-order valence-electron chi connectivity index (χ2n) is 3.77. The molecule has 0 saturated heterocycles. The molecule has 2 aromatic rings. The van der Waals surface area contributed by atoms with Crippen LogP contribution in [0.2, 0.25) is 0 Å². The fourth-order valence-corrected chi connectivity index (χ4v) is 1.48. The Morgan fingerprint density at radius 3 is 2.79 bits per heavy atom. The van der Waals surface area contributed by atoms with Gasteiger partial charge in [0, 0.05) is 11.6 Å². The standard InChI is InChI=1S/C12H13NO/c1-8(2)10-6-9-4-3-5-11(14)12(9)13-7-10/h3-8,14H,1-2H3. The van der Waals surface area contributed by atoms with Gasteiger partial charge in [-0.15, -0.1) is 0 Å². The summed E-state index contributed by atoms with van der Waals surface area (Å²) >= 11 is 0. The highest BCUT2D eigenvalue weighted by molar-refractivity contribution is 5.84. The van der Waals surface area contributed by atoms with Crippen LogP contribution in [0.25, 0.3) is 10.9 Å². The van der Waals surface area contributed by atoms with Gasteiger partial charge in [0.1, 0.15) is 11.3 Å². The molecule has 2 rings (SSSR count). The third kappa shape index (κ3) is 1.43. The van der Waals surface area contributed by atoms with Gasteiger partial charge < -0.3 is 5.11 Å². The van der Waals surface area contributed by atoms with Gasteiger partial charge in [0.05, 0.1) is 0 Å². The molecule has 1 N–H and O–H groups in total. The minimum absolute atomic E-state index is 0.248. The SMILES string of the molecule is CC(C)c1cnc2c(O)cccc2c1. The van der Waals surface area contributed by atoms with E-state index in [0.717, 1.165) is 5.39 Å². The van der Waals surface area contributed by atoms with E-state index >= 15 is 0 Å². The Hall–Kier alpha value is -1.57. The summed E-state index contributed by atoms with van der Waals surface area (Å²) in [4.78, 5) is 4.25. The lowest BCUT2D eigenvalue weighted by molar-refractivity contribution is 0.480. The summed E-state index contributed by atoms with van der Waals surface area (Å²) in [6.45, 7) is 4.26. The van der Waals surface area contributed by atoms with E-state index in [4.69, 9.17) is 0 Å². The largest absolute Gasteiger partial charge is 0.506 e. The average Bonchev–Trinajstić information content (AvgIpc) is 2.17. The van der Waals surface area contributed by atoms with Crippen LogP contribution < -0.4 is 0 Å². The zero-order chi connectivity index (χ0) is 10.1. The molecule has 0 unspecified atom stereocenters. The first kappa shape index (κ1) is 9.00. The third-order valence-electron chi connectivity index (χ3n) is 2.38. The molecule has 2 nitrogen and oxygen atoms in total. The van der Waals surface area contributed by atoms with E-state index in [1.807, 2.05) is 18.3 Å². The number of pyridine rings is 1. The van der Waals surface area contributed by atoms with Gasteiger partial charge >= 0.3 is 0 Å². The van der Waals surface area contributed by atoms with Gasteiger partial charge in [0.15, 0.2) is 0 Å². The molecule has 1 heterocycles. The zero-order valence-electron chi connectivity index (χ0n) is 8.36. The summed E-state index contributed by atoms with van der Waals surface area (Å²) in [5.41, 5.74) is 1.88. The van der Waals surface area contributed by atoms with Crippen LogP contribution in [-0.4, -0.2) is 10.1 Å². The number of para-hydroxylation sites is 1.